The summed E-state index contributed by atoms with van der Waals surface area (Å²) >= 11 is 0. The quantitative estimate of drug-likeness (QED) is 0.509. The first-order valence-corrected chi connectivity index (χ1v) is 11.5. The van der Waals surface area contributed by atoms with Crippen LogP contribution in [0.5, 0.6) is 5.75 Å². The molecule has 178 valence electrons. The number of hydrogen-bond donors (Lipinski definition) is 2. The van der Waals surface area contributed by atoms with E-state index in [1.165, 1.54) is 12.1 Å². The van der Waals surface area contributed by atoms with Gasteiger partial charge in [0, 0.05) is 37.8 Å². The molecule has 4 atom stereocenters. The Bertz CT molecular complexity index is 1070. The van der Waals surface area contributed by atoms with Crippen molar-refractivity contribution in [2.45, 2.75) is 50.1 Å². The van der Waals surface area contributed by atoms with Gasteiger partial charge >= 0.3 is 0 Å². The van der Waals surface area contributed by atoms with Crippen molar-refractivity contribution in [2.75, 3.05) is 7.05 Å². The number of aliphatic hydroxyl groups excluding tert-OH is 1. The molecule has 0 radical (unpaired) electrons. The summed E-state index contributed by atoms with van der Waals surface area (Å²) in [5.74, 6) is -0.134. The minimum Gasteiger partial charge on any atom is -0.487 e. The number of amides is 1. The van der Waals surface area contributed by atoms with Crippen LogP contribution in [0, 0.1) is 5.82 Å². The molecule has 4 rings (SSSR count). The molecule has 1 fully saturated rings. The molecule has 1 aromatic heterocycles. The number of aromatic nitrogens is 1. The molecular formula is C27H30FN3O3. The third-order valence-electron chi connectivity index (χ3n) is 6.21. The number of benzene rings is 2. The van der Waals surface area contributed by atoms with Crippen LogP contribution >= 0.6 is 0 Å². The van der Waals surface area contributed by atoms with Gasteiger partial charge in [0.25, 0.3) is 0 Å². The Balaban J connectivity index is 1.46. The molecular weight excluding hydrogens is 433 g/mol. The van der Waals surface area contributed by atoms with Gasteiger partial charge in [-0.05, 0) is 42.8 Å². The molecule has 2 aromatic carbocycles. The van der Waals surface area contributed by atoms with Crippen LogP contribution in [0.4, 0.5) is 4.39 Å². The van der Waals surface area contributed by atoms with Crippen LogP contribution in [-0.4, -0.2) is 52.2 Å². The van der Waals surface area contributed by atoms with Crippen LogP contribution in [0.1, 0.15) is 24.0 Å². The highest BCUT2D eigenvalue weighted by atomic mass is 19.1. The van der Waals surface area contributed by atoms with Gasteiger partial charge in [-0.2, -0.15) is 0 Å². The first kappa shape index (κ1) is 23.9. The number of hydrogen-bond acceptors (Lipinski definition) is 5. The van der Waals surface area contributed by atoms with Crippen molar-refractivity contribution < 1.29 is 19.0 Å². The number of aliphatic hydroxyl groups is 1. The second-order valence-electron chi connectivity index (χ2n) is 8.77. The topological polar surface area (TPSA) is 74.7 Å². The Morgan fingerprint density at radius 3 is 2.68 bits per heavy atom. The number of aryl methyl sites for hydroxylation is 1. The molecule has 1 aliphatic rings. The number of halogens is 1. The minimum atomic E-state index is -0.861. The van der Waals surface area contributed by atoms with Crippen molar-refractivity contribution in [3.8, 4) is 5.75 Å². The maximum Gasteiger partial charge on any atom is 0.220 e. The SMILES string of the molecule is CN(Cc1ccccc1)[C@@H]1[C@@H](O)[C@H](Oc2cccc(F)c2)C[C@H]1NC(=O)CCc1cccnc1. The second-order valence-corrected chi connectivity index (χ2v) is 8.77. The van der Waals surface area contributed by atoms with Crippen LogP contribution in [0.2, 0.25) is 0 Å². The van der Waals surface area contributed by atoms with Crippen molar-refractivity contribution in [1.82, 2.24) is 15.2 Å². The van der Waals surface area contributed by atoms with Crippen molar-refractivity contribution >= 4 is 5.91 Å². The number of nitrogens with one attached hydrogen (secondary N) is 1. The Morgan fingerprint density at radius 1 is 1.15 bits per heavy atom. The van der Waals surface area contributed by atoms with Crippen LogP contribution in [0.25, 0.3) is 0 Å². The summed E-state index contributed by atoms with van der Waals surface area (Å²) in [6.45, 7) is 0.608. The monoisotopic (exact) mass is 463 g/mol. The average Bonchev–Trinajstić information content (AvgIpc) is 3.13. The molecule has 3 aromatic rings. The summed E-state index contributed by atoms with van der Waals surface area (Å²) in [6.07, 6.45) is 3.35. The summed E-state index contributed by atoms with van der Waals surface area (Å²) in [7, 11) is 1.93. The van der Waals surface area contributed by atoms with Crippen molar-refractivity contribution in [3.05, 3.63) is 96.1 Å². The Labute approximate surface area is 199 Å². The van der Waals surface area contributed by atoms with E-state index >= 15 is 0 Å². The van der Waals surface area contributed by atoms with Gasteiger partial charge in [0.1, 0.15) is 23.8 Å². The first-order valence-electron chi connectivity index (χ1n) is 11.5. The van der Waals surface area contributed by atoms with E-state index in [-0.39, 0.29) is 18.0 Å². The third-order valence-corrected chi connectivity index (χ3v) is 6.21. The standard InChI is InChI=1S/C27H30FN3O3/c1-31(18-20-7-3-2-4-8-20)26-23(30-25(32)13-12-19-9-6-14-29-17-19)16-24(27(26)33)34-22-11-5-10-21(28)15-22/h2-11,14-15,17,23-24,26-27,33H,12-13,16,18H2,1H3,(H,30,32)/t23-,24-,26+,27+/m1/s1. The zero-order valence-corrected chi connectivity index (χ0v) is 19.2. The third kappa shape index (κ3) is 6.18. The molecule has 0 saturated heterocycles. The maximum absolute atomic E-state index is 13.6. The Morgan fingerprint density at radius 2 is 1.94 bits per heavy atom. The fourth-order valence-corrected chi connectivity index (χ4v) is 4.59. The zero-order valence-electron chi connectivity index (χ0n) is 19.2. The number of rotatable bonds is 9. The summed E-state index contributed by atoms with van der Waals surface area (Å²) in [4.78, 5) is 18.9. The van der Waals surface area contributed by atoms with Crippen molar-refractivity contribution in [1.29, 1.82) is 0 Å². The van der Waals surface area contributed by atoms with E-state index in [4.69, 9.17) is 4.74 Å². The normalized spacial score (nSPS) is 22.0. The lowest BCUT2D eigenvalue weighted by Crippen LogP contribution is -2.51. The van der Waals surface area contributed by atoms with E-state index in [1.807, 2.05) is 54.4 Å². The molecule has 0 spiro atoms. The molecule has 0 aliphatic heterocycles. The summed E-state index contributed by atoms with van der Waals surface area (Å²) < 4.78 is 19.6. The summed E-state index contributed by atoms with van der Waals surface area (Å²) in [6, 6.07) is 19.0. The Hall–Kier alpha value is -3.29. The molecule has 6 nitrogen and oxygen atoms in total. The number of nitrogens with zero attached hydrogens (tertiary/aromatic N) is 2. The lowest BCUT2D eigenvalue weighted by atomic mass is 10.1. The first-order chi connectivity index (χ1) is 16.5. The molecule has 1 aliphatic carbocycles. The van der Waals surface area contributed by atoms with Gasteiger partial charge in [-0.15, -0.1) is 0 Å². The molecule has 1 saturated carbocycles. The highest BCUT2D eigenvalue weighted by Gasteiger charge is 2.46. The fourth-order valence-electron chi connectivity index (χ4n) is 4.59. The van der Waals surface area contributed by atoms with E-state index in [0.717, 1.165) is 11.1 Å². The van der Waals surface area contributed by atoms with Crippen molar-refractivity contribution in [3.63, 3.8) is 0 Å². The molecule has 1 amide bonds. The summed E-state index contributed by atoms with van der Waals surface area (Å²) in [5, 5.41) is 14.3. The molecule has 0 unspecified atom stereocenters. The van der Waals surface area contributed by atoms with Gasteiger partial charge in [-0.1, -0.05) is 42.5 Å². The molecule has 2 N–H and O–H groups in total. The van der Waals surface area contributed by atoms with E-state index in [1.54, 1.807) is 24.5 Å². The molecule has 0 bridgehead atoms. The second kappa shape index (κ2) is 11.2. The van der Waals surface area contributed by atoms with E-state index in [2.05, 4.69) is 10.3 Å². The fraction of sp³-hybridized carbons (Fsp3) is 0.333. The number of carbonyl (C=O) groups is 1. The predicted octanol–water partition coefficient (Wildman–Crippen LogP) is 3.35. The van der Waals surface area contributed by atoms with Gasteiger partial charge in [0.05, 0.1) is 12.1 Å². The highest BCUT2D eigenvalue weighted by Crippen LogP contribution is 2.30. The average molecular weight is 464 g/mol. The van der Waals surface area contributed by atoms with Gasteiger partial charge in [0.2, 0.25) is 5.91 Å². The Kier molecular flexibility index (Phi) is 7.87. The van der Waals surface area contributed by atoms with Crippen LogP contribution in [0.3, 0.4) is 0 Å². The lowest BCUT2D eigenvalue weighted by molar-refractivity contribution is -0.122. The van der Waals surface area contributed by atoms with Crippen molar-refractivity contribution in [2.24, 2.45) is 0 Å². The van der Waals surface area contributed by atoms with Crippen LogP contribution < -0.4 is 10.1 Å². The number of ether oxygens (including phenoxy) is 1. The number of carbonyl (C=O) groups excluding carboxylic acids is 1. The zero-order chi connectivity index (χ0) is 23.9. The number of likely N-dealkylation sites (N-methyl/N-ethyl adjacent to an activating group) is 1. The van der Waals surface area contributed by atoms with Gasteiger partial charge in [-0.25, -0.2) is 4.39 Å². The van der Waals surface area contributed by atoms with E-state index in [0.29, 0.717) is 31.6 Å². The lowest BCUT2D eigenvalue weighted by Gasteiger charge is -2.32. The predicted molar refractivity (Wildman–Crippen MR) is 128 cm³/mol. The molecule has 7 heteroatoms. The smallest absolute Gasteiger partial charge is 0.220 e. The van der Waals surface area contributed by atoms with Crippen LogP contribution in [-0.2, 0) is 17.8 Å². The van der Waals surface area contributed by atoms with E-state index in [9.17, 15) is 14.3 Å². The van der Waals surface area contributed by atoms with Gasteiger partial charge in [0.15, 0.2) is 0 Å². The molecule has 34 heavy (non-hydrogen) atoms. The minimum absolute atomic E-state index is 0.0921. The number of pyridine rings is 1. The highest BCUT2D eigenvalue weighted by molar-refractivity contribution is 5.76. The van der Waals surface area contributed by atoms with Crippen LogP contribution in [0.15, 0.2) is 79.1 Å². The maximum atomic E-state index is 13.6. The van der Waals surface area contributed by atoms with Gasteiger partial charge in [-0.3, -0.25) is 14.7 Å². The van der Waals surface area contributed by atoms with E-state index < -0.39 is 18.0 Å². The largest absolute Gasteiger partial charge is 0.487 e. The molecule has 1 heterocycles. The summed E-state index contributed by atoms with van der Waals surface area (Å²) in [5.41, 5.74) is 2.10. The van der Waals surface area contributed by atoms with Gasteiger partial charge < -0.3 is 15.2 Å².